The molecule has 2 aliphatic carbocycles. The normalized spacial score (nSPS) is 18.0. The summed E-state index contributed by atoms with van der Waals surface area (Å²) in [6.45, 7) is 2.04. The van der Waals surface area contributed by atoms with Gasteiger partial charge in [-0.1, -0.05) is 0 Å². The quantitative estimate of drug-likeness (QED) is 0.298. The molecule has 2 aromatic heterocycles. The molecule has 0 bridgehead atoms. The summed E-state index contributed by atoms with van der Waals surface area (Å²) in [6, 6.07) is 9.38. The molecule has 0 radical (unpaired) electrons. The van der Waals surface area contributed by atoms with E-state index in [0.717, 1.165) is 25.1 Å². The van der Waals surface area contributed by atoms with Crippen molar-refractivity contribution in [2.24, 2.45) is 0 Å². The number of carbonyl (C=O) groups excluding carboxylic acids is 2. The molecule has 0 unspecified atom stereocenters. The number of nitrogens with zero attached hydrogens (tertiary/aromatic N) is 1. The van der Waals surface area contributed by atoms with Crippen LogP contribution in [0, 0.1) is 0 Å². The van der Waals surface area contributed by atoms with Gasteiger partial charge in [-0.15, -0.1) is 0 Å². The number of Topliss-reactive ketones (excluding diaryl/α,β-unsaturated/α-hetero) is 2. The van der Waals surface area contributed by atoms with E-state index in [9.17, 15) is 9.59 Å². The second-order valence-corrected chi connectivity index (χ2v) is 12.2. The van der Waals surface area contributed by atoms with Crippen molar-refractivity contribution >= 4 is 51.4 Å². The van der Waals surface area contributed by atoms with Crippen LogP contribution in [-0.4, -0.2) is 36.9 Å². The number of fused-ring (bicyclic) bond motifs is 4. The number of hydrogen-bond acceptors (Lipinski definition) is 4. The average molecular weight is 497 g/mol. The monoisotopic (exact) mass is 499 g/mol. The molecule has 0 spiro atoms. The zero-order chi connectivity index (χ0) is 18.8. The maximum atomic E-state index is 12.6. The first kappa shape index (κ1) is 16.7. The third-order valence-electron chi connectivity index (χ3n) is 5.71. The van der Waals surface area contributed by atoms with Gasteiger partial charge >= 0.3 is 176 Å². The predicted octanol–water partition coefficient (Wildman–Crippen LogP) is 4.49. The van der Waals surface area contributed by atoms with Gasteiger partial charge in [0.05, 0.1) is 0 Å². The Bertz CT molecular complexity index is 1250. The van der Waals surface area contributed by atoms with E-state index < -0.39 is 0 Å². The van der Waals surface area contributed by atoms with Crippen LogP contribution in [0.15, 0.2) is 70.8 Å². The minimum atomic E-state index is -0.173. The second kappa shape index (κ2) is 6.15. The van der Waals surface area contributed by atoms with Crippen molar-refractivity contribution in [3.05, 3.63) is 91.1 Å². The number of allylic oxidation sites excluding steroid dienone is 5. The van der Waals surface area contributed by atoms with Crippen LogP contribution in [0.2, 0.25) is 0 Å². The molecule has 1 aliphatic heterocycles. The molecule has 1 aromatic carbocycles. The summed E-state index contributed by atoms with van der Waals surface area (Å²) in [4.78, 5) is 27.7. The van der Waals surface area contributed by atoms with Crippen molar-refractivity contribution in [2.75, 3.05) is 0 Å². The van der Waals surface area contributed by atoms with Crippen LogP contribution in [0.25, 0.3) is 8.10 Å². The average Bonchev–Trinajstić information content (AvgIpc) is 3.48. The van der Waals surface area contributed by atoms with Gasteiger partial charge in [0.25, 0.3) is 0 Å². The molecule has 0 atom stereocenters. The van der Waals surface area contributed by atoms with Gasteiger partial charge in [0, 0.05) is 0 Å². The second-order valence-electron chi connectivity index (χ2n) is 7.32. The molecular formula is C23H15NO2STe. The molecule has 28 heavy (non-hydrogen) atoms. The van der Waals surface area contributed by atoms with E-state index in [-0.39, 0.29) is 32.0 Å². The first-order valence-corrected chi connectivity index (χ1v) is 12.4. The Labute approximate surface area is 175 Å². The van der Waals surface area contributed by atoms with Gasteiger partial charge in [0.2, 0.25) is 0 Å². The van der Waals surface area contributed by atoms with E-state index in [1.54, 1.807) is 30.1 Å². The van der Waals surface area contributed by atoms with E-state index in [4.69, 9.17) is 0 Å². The van der Waals surface area contributed by atoms with E-state index >= 15 is 0 Å². The SMILES string of the molecule is O=C1C(=CC2=CC=C(N3Cc4[te]c5sccc5c4C3)C2)C(=O)c2ccccc21. The molecule has 3 aromatic rings. The number of benzene rings is 1. The van der Waals surface area contributed by atoms with Gasteiger partial charge in [-0.05, 0) is 0 Å². The van der Waals surface area contributed by atoms with Crippen LogP contribution < -0.4 is 0 Å². The Kier molecular flexibility index (Phi) is 3.68. The van der Waals surface area contributed by atoms with Gasteiger partial charge < -0.3 is 0 Å². The molecule has 0 amide bonds. The Morgan fingerprint density at radius 1 is 1.00 bits per heavy atom. The van der Waals surface area contributed by atoms with E-state index in [1.165, 1.54) is 11.1 Å². The Hall–Kier alpha value is -2.19. The fourth-order valence-corrected chi connectivity index (χ4v) is 9.52. The van der Waals surface area contributed by atoms with Crippen molar-refractivity contribution in [1.29, 1.82) is 0 Å². The van der Waals surface area contributed by atoms with Crippen molar-refractivity contribution in [2.45, 2.75) is 19.5 Å². The van der Waals surface area contributed by atoms with Gasteiger partial charge in [-0.3, -0.25) is 0 Å². The molecule has 0 saturated heterocycles. The van der Waals surface area contributed by atoms with Crippen LogP contribution in [0.1, 0.15) is 36.3 Å². The number of carbonyl (C=O) groups is 2. The van der Waals surface area contributed by atoms with Crippen molar-refractivity contribution in [3.8, 4) is 0 Å². The third-order valence-corrected chi connectivity index (χ3v) is 10.7. The molecule has 0 N–H and O–H groups in total. The number of hydrogen-bond donors (Lipinski definition) is 0. The molecule has 0 fully saturated rings. The topological polar surface area (TPSA) is 37.4 Å². The molecule has 136 valence electrons. The first-order chi connectivity index (χ1) is 13.7. The molecule has 6 rings (SSSR count). The number of rotatable bonds is 2. The van der Waals surface area contributed by atoms with Crippen molar-refractivity contribution < 1.29 is 9.59 Å². The molecule has 3 aliphatic rings. The Morgan fingerprint density at radius 2 is 1.79 bits per heavy atom. The Balaban J connectivity index is 1.21. The summed E-state index contributed by atoms with van der Waals surface area (Å²) in [5.41, 5.74) is 5.26. The summed E-state index contributed by atoms with van der Waals surface area (Å²) in [5, 5.41) is 3.72. The first-order valence-electron chi connectivity index (χ1n) is 9.21. The minimum absolute atomic E-state index is 0.146. The third kappa shape index (κ3) is 2.40. The molecular weight excluding hydrogens is 482 g/mol. The van der Waals surface area contributed by atoms with E-state index in [1.807, 2.05) is 23.5 Å². The summed E-state index contributed by atoms with van der Waals surface area (Å²) in [7, 11) is 0. The van der Waals surface area contributed by atoms with E-state index in [2.05, 4.69) is 28.5 Å². The molecule has 3 nitrogen and oxygen atoms in total. The van der Waals surface area contributed by atoms with Crippen LogP contribution in [-0.2, 0) is 13.1 Å². The molecule has 0 saturated carbocycles. The molecule has 5 heteroatoms. The van der Waals surface area contributed by atoms with Crippen LogP contribution >= 0.6 is 11.3 Å². The van der Waals surface area contributed by atoms with Crippen molar-refractivity contribution in [1.82, 2.24) is 4.90 Å². The van der Waals surface area contributed by atoms with Gasteiger partial charge in [0.1, 0.15) is 0 Å². The predicted molar refractivity (Wildman–Crippen MR) is 112 cm³/mol. The standard InChI is InChI=1S/C23H15NO2STe/c25-21-15-3-1-2-4-16(15)22(26)18(21)10-13-5-6-14(9-13)24-11-19-17-7-8-27-23(17)28-20(19)12-24/h1-8,10H,9,11-12H2. The Morgan fingerprint density at radius 3 is 2.57 bits per heavy atom. The van der Waals surface area contributed by atoms with Crippen LogP contribution in [0.5, 0.6) is 0 Å². The summed E-state index contributed by atoms with van der Waals surface area (Å²) in [5.74, 6) is -0.292. The van der Waals surface area contributed by atoms with Crippen molar-refractivity contribution in [3.63, 3.8) is 0 Å². The zero-order valence-corrected chi connectivity index (χ0v) is 18.0. The van der Waals surface area contributed by atoms with Crippen LogP contribution in [0.4, 0.5) is 0 Å². The van der Waals surface area contributed by atoms with E-state index in [0.29, 0.717) is 16.7 Å². The zero-order valence-electron chi connectivity index (χ0n) is 14.9. The summed E-state index contributed by atoms with van der Waals surface area (Å²) < 4.78 is 3.31. The van der Waals surface area contributed by atoms with Gasteiger partial charge in [0.15, 0.2) is 0 Å². The fraction of sp³-hybridized carbons (Fsp3) is 0.130. The molecule has 3 heterocycles. The summed E-state index contributed by atoms with van der Waals surface area (Å²) >= 11 is 1.74. The number of thiophene rings is 1. The van der Waals surface area contributed by atoms with Gasteiger partial charge in [-0.25, -0.2) is 0 Å². The van der Waals surface area contributed by atoms with Crippen LogP contribution in [0.3, 0.4) is 0 Å². The maximum absolute atomic E-state index is 12.6. The summed E-state index contributed by atoms with van der Waals surface area (Å²) in [6.07, 6.45) is 6.80. The number of ketones is 2. The fourth-order valence-electron chi connectivity index (χ4n) is 4.28. The van der Waals surface area contributed by atoms with Gasteiger partial charge in [-0.2, -0.15) is 0 Å².